The molecule has 5 nitrogen and oxygen atoms in total. The number of hydrogen-bond acceptors (Lipinski definition) is 4. The van der Waals surface area contributed by atoms with Gasteiger partial charge in [-0.05, 0) is 24.3 Å². The maximum Gasteiger partial charge on any atom is 0.336 e. The summed E-state index contributed by atoms with van der Waals surface area (Å²) < 4.78 is 37.1. The number of carbonyl (C=O) groups is 1. The first-order valence-corrected chi connectivity index (χ1v) is 7.77. The molecule has 1 amide bonds. The van der Waals surface area contributed by atoms with Gasteiger partial charge in [0, 0.05) is 42.7 Å². The van der Waals surface area contributed by atoms with Gasteiger partial charge in [0.25, 0.3) is 5.91 Å². The van der Waals surface area contributed by atoms with Gasteiger partial charge in [-0.3, -0.25) is 4.79 Å². The molecule has 134 valence electrons. The SMILES string of the molecule is CN(Cc1ccc(F)cc1F)C(=O)COc1ccc2ccc(=O)oc2c1. The Balaban J connectivity index is 1.63. The first-order chi connectivity index (χ1) is 12.4. The molecule has 2 aromatic carbocycles. The lowest BCUT2D eigenvalue weighted by atomic mass is 10.2. The van der Waals surface area contributed by atoms with E-state index < -0.39 is 17.3 Å². The Hall–Kier alpha value is -3.22. The zero-order valence-corrected chi connectivity index (χ0v) is 13.9. The molecule has 0 radical (unpaired) electrons. The normalized spacial score (nSPS) is 10.7. The second kappa shape index (κ2) is 7.35. The fraction of sp³-hybridized carbons (Fsp3) is 0.158. The van der Waals surface area contributed by atoms with Crippen LogP contribution in [-0.2, 0) is 11.3 Å². The molecular formula is C19H15F2NO4. The van der Waals surface area contributed by atoms with Gasteiger partial charge < -0.3 is 14.1 Å². The fourth-order valence-corrected chi connectivity index (χ4v) is 2.38. The van der Waals surface area contributed by atoms with Crippen molar-refractivity contribution in [3.8, 4) is 5.75 Å². The first-order valence-electron chi connectivity index (χ1n) is 7.77. The summed E-state index contributed by atoms with van der Waals surface area (Å²) in [6.07, 6.45) is 0. The minimum Gasteiger partial charge on any atom is -0.484 e. The number of likely N-dealkylation sites (N-methyl/N-ethyl adjacent to an activating group) is 1. The molecule has 0 aliphatic rings. The molecule has 3 rings (SSSR count). The van der Waals surface area contributed by atoms with Crippen molar-refractivity contribution in [2.24, 2.45) is 0 Å². The molecule has 0 saturated heterocycles. The quantitative estimate of drug-likeness (QED) is 0.657. The van der Waals surface area contributed by atoms with Crippen molar-refractivity contribution >= 4 is 16.9 Å². The number of rotatable bonds is 5. The van der Waals surface area contributed by atoms with Crippen LogP contribution in [0, 0.1) is 11.6 Å². The molecule has 3 aromatic rings. The fourth-order valence-electron chi connectivity index (χ4n) is 2.38. The van der Waals surface area contributed by atoms with Crippen LogP contribution in [0.15, 0.2) is 57.7 Å². The highest BCUT2D eigenvalue weighted by molar-refractivity contribution is 5.79. The van der Waals surface area contributed by atoms with E-state index in [9.17, 15) is 18.4 Å². The largest absolute Gasteiger partial charge is 0.484 e. The zero-order chi connectivity index (χ0) is 18.7. The molecule has 0 aliphatic heterocycles. The molecule has 0 spiro atoms. The van der Waals surface area contributed by atoms with Crippen LogP contribution >= 0.6 is 0 Å². The average Bonchev–Trinajstić information content (AvgIpc) is 2.61. The molecule has 0 N–H and O–H groups in total. The highest BCUT2D eigenvalue weighted by Gasteiger charge is 2.13. The topological polar surface area (TPSA) is 59.8 Å². The van der Waals surface area contributed by atoms with E-state index in [1.54, 1.807) is 18.2 Å². The van der Waals surface area contributed by atoms with Crippen molar-refractivity contribution in [1.82, 2.24) is 4.90 Å². The lowest BCUT2D eigenvalue weighted by Gasteiger charge is -2.18. The average molecular weight is 359 g/mol. The van der Waals surface area contributed by atoms with Crippen LogP contribution in [0.4, 0.5) is 8.78 Å². The maximum absolute atomic E-state index is 13.7. The van der Waals surface area contributed by atoms with Crippen molar-refractivity contribution in [2.75, 3.05) is 13.7 Å². The summed E-state index contributed by atoms with van der Waals surface area (Å²) in [5.74, 6) is -1.41. The number of hydrogen-bond donors (Lipinski definition) is 0. The number of benzene rings is 2. The van der Waals surface area contributed by atoms with Gasteiger partial charge in [0.1, 0.15) is 23.0 Å². The van der Waals surface area contributed by atoms with E-state index in [-0.39, 0.29) is 24.6 Å². The van der Waals surface area contributed by atoms with Crippen LogP contribution in [-0.4, -0.2) is 24.5 Å². The predicted molar refractivity (Wildman–Crippen MR) is 90.8 cm³/mol. The van der Waals surface area contributed by atoms with Crippen molar-refractivity contribution in [2.45, 2.75) is 6.54 Å². The Morgan fingerprint density at radius 2 is 1.88 bits per heavy atom. The van der Waals surface area contributed by atoms with Gasteiger partial charge >= 0.3 is 5.63 Å². The van der Waals surface area contributed by atoms with Crippen LogP contribution in [0.1, 0.15) is 5.56 Å². The first kappa shape index (κ1) is 17.6. The third-order valence-corrected chi connectivity index (χ3v) is 3.81. The minimum atomic E-state index is -0.713. The molecule has 0 aliphatic carbocycles. The van der Waals surface area contributed by atoms with E-state index in [4.69, 9.17) is 9.15 Å². The van der Waals surface area contributed by atoms with E-state index >= 15 is 0 Å². The third-order valence-electron chi connectivity index (χ3n) is 3.81. The Bertz CT molecular complexity index is 1020. The van der Waals surface area contributed by atoms with Gasteiger partial charge in [0.05, 0.1) is 0 Å². The minimum absolute atomic E-state index is 0.0130. The van der Waals surface area contributed by atoms with E-state index in [2.05, 4.69) is 0 Å². The van der Waals surface area contributed by atoms with Crippen LogP contribution < -0.4 is 10.4 Å². The van der Waals surface area contributed by atoms with Gasteiger partial charge in [-0.2, -0.15) is 0 Å². The second-order valence-electron chi connectivity index (χ2n) is 5.73. The predicted octanol–water partition coefficient (Wildman–Crippen LogP) is 3.11. The monoisotopic (exact) mass is 359 g/mol. The Morgan fingerprint density at radius 1 is 1.12 bits per heavy atom. The van der Waals surface area contributed by atoms with Crippen molar-refractivity contribution < 1.29 is 22.7 Å². The van der Waals surface area contributed by atoms with E-state index in [0.29, 0.717) is 11.3 Å². The highest BCUT2D eigenvalue weighted by Crippen LogP contribution is 2.19. The Kier molecular flexibility index (Phi) is 4.97. The molecule has 0 saturated carbocycles. The molecule has 26 heavy (non-hydrogen) atoms. The third kappa shape index (κ3) is 4.05. The summed E-state index contributed by atoms with van der Waals surface area (Å²) in [4.78, 5) is 24.7. The van der Waals surface area contributed by atoms with Crippen molar-refractivity contribution in [3.05, 3.63) is 76.1 Å². The van der Waals surface area contributed by atoms with Crippen LogP contribution in [0.25, 0.3) is 11.0 Å². The number of amides is 1. The van der Waals surface area contributed by atoms with E-state index in [1.165, 1.54) is 30.1 Å². The van der Waals surface area contributed by atoms with E-state index in [0.717, 1.165) is 17.5 Å². The van der Waals surface area contributed by atoms with Crippen molar-refractivity contribution in [1.29, 1.82) is 0 Å². The number of ether oxygens (including phenoxy) is 1. The molecule has 0 bridgehead atoms. The molecule has 1 heterocycles. The lowest BCUT2D eigenvalue weighted by Crippen LogP contribution is -2.31. The summed E-state index contributed by atoms with van der Waals surface area (Å²) in [5.41, 5.74) is 0.0747. The summed E-state index contributed by atoms with van der Waals surface area (Å²) in [6, 6.07) is 11.0. The van der Waals surface area contributed by atoms with Crippen LogP contribution in [0.5, 0.6) is 5.75 Å². The molecule has 7 heteroatoms. The van der Waals surface area contributed by atoms with Gasteiger partial charge in [-0.25, -0.2) is 13.6 Å². The van der Waals surface area contributed by atoms with Gasteiger partial charge in [-0.15, -0.1) is 0 Å². The summed E-state index contributed by atoms with van der Waals surface area (Å²) >= 11 is 0. The summed E-state index contributed by atoms with van der Waals surface area (Å²) in [5, 5.41) is 0.729. The van der Waals surface area contributed by atoms with Crippen LogP contribution in [0.2, 0.25) is 0 Å². The summed E-state index contributed by atoms with van der Waals surface area (Å²) in [6.45, 7) is -0.289. The zero-order valence-electron chi connectivity index (χ0n) is 13.9. The second-order valence-corrected chi connectivity index (χ2v) is 5.73. The number of fused-ring (bicyclic) bond motifs is 1. The lowest BCUT2D eigenvalue weighted by molar-refractivity contribution is -0.132. The smallest absolute Gasteiger partial charge is 0.336 e. The molecule has 0 atom stereocenters. The van der Waals surface area contributed by atoms with Crippen LogP contribution in [0.3, 0.4) is 0 Å². The van der Waals surface area contributed by atoms with Gasteiger partial charge in [0.2, 0.25) is 0 Å². The van der Waals surface area contributed by atoms with Gasteiger partial charge in [0.15, 0.2) is 6.61 Å². The van der Waals surface area contributed by atoms with E-state index in [1.807, 2.05) is 0 Å². The Morgan fingerprint density at radius 3 is 2.65 bits per heavy atom. The standard InChI is InChI=1S/C19H15F2NO4/c1-22(10-13-2-5-14(20)8-16(13)21)18(23)11-25-15-6-3-12-4-7-19(24)26-17(12)9-15/h2-9H,10-11H2,1H3. The number of nitrogens with zero attached hydrogens (tertiary/aromatic N) is 1. The van der Waals surface area contributed by atoms with Gasteiger partial charge in [-0.1, -0.05) is 6.07 Å². The molecular weight excluding hydrogens is 344 g/mol. The number of halogens is 2. The summed E-state index contributed by atoms with van der Waals surface area (Å²) in [7, 11) is 1.49. The molecule has 0 unspecified atom stereocenters. The molecule has 0 fully saturated rings. The highest BCUT2D eigenvalue weighted by atomic mass is 19.1. The Labute approximate surface area is 147 Å². The van der Waals surface area contributed by atoms with Crippen molar-refractivity contribution in [3.63, 3.8) is 0 Å². The maximum atomic E-state index is 13.7. The number of carbonyl (C=O) groups excluding carboxylic acids is 1. The molecule has 1 aromatic heterocycles.